The van der Waals surface area contributed by atoms with E-state index in [9.17, 15) is 40.5 Å². The Hall–Kier alpha value is -5.71. The van der Waals surface area contributed by atoms with Crippen LogP contribution in [0.3, 0.4) is 0 Å². The van der Waals surface area contributed by atoms with E-state index in [1.165, 1.54) is 25.1 Å². The molecule has 0 aliphatic rings. The molecular formula is C19H17N9O8. The first-order chi connectivity index (χ1) is 16.7. The van der Waals surface area contributed by atoms with Gasteiger partial charge in [0.2, 0.25) is 0 Å². The minimum Gasteiger partial charge on any atom is -0.392 e. The number of rotatable bonds is 6. The van der Waals surface area contributed by atoms with Gasteiger partial charge in [0.25, 0.3) is 11.4 Å². The van der Waals surface area contributed by atoms with Crippen LogP contribution in [0.4, 0.5) is 34.1 Å². The second kappa shape index (κ2) is 11.4. The fraction of sp³-hybridized carbons (Fsp3) is 0.211. The van der Waals surface area contributed by atoms with Crippen molar-refractivity contribution < 1.29 is 19.7 Å². The Morgan fingerprint density at radius 2 is 1.25 bits per heavy atom. The van der Waals surface area contributed by atoms with E-state index in [1.807, 2.05) is 0 Å². The molecule has 0 bridgehead atoms. The monoisotopic (exact) mass is 499 g/mol. The lowest BCUT2D eigenvalue weighted by atomic mass is 10.1. The first-order valence-corrected chi connectivity index (χ1v) is 9.38. The molecule has 2 aromatic carbocycles. The van der Waals surface area contributed by atoms with Crippen molar-refractivity contribution in [3.05, 3.63) is 74.8 Å². The maximum Gasteiger partial charge on any atom is 0.306 e. The first-order valence-electron chi connectivity index (χ1n) is 9.38. The molecule has 17 nitrogen and oxygen atoms in total. The molecule has 0 amide bonds. The lowest BCUT2D eigenvalue weighted by Gasteiger charge is -2.06. The normalized spacial score (nSPS) is 9.94. The van der Waals surface area contributed by atoms with Crippen LogP contribution in [-0.4, -0.2) is 45.0 Å². The lowest BCUT2D eigenvalue weighted by Crippen LogP contribution is -2.08. The molecule has 0 aromatic heterocycles. The quantitative estimate of drug-likeness (QED) is 0.197. The van der Waals surface area contributed by atoms with Gasteiger partial charge in [-0.1, -0.05) is 0 Å². The van der Waals surface area contributed by atoms with Gasteiger partial charge in [-0.15, -0.1) is 0 Å². The summed E-state index contributed by atoms with van der Waals surface area (Å²) in [6, 6.07) is 5.19. The molecule has 0 aliphatic heterocycles. The average molecular weight is 499 g/mol. The van der Waals surface area contributed by atoms with E-state index in [1.54, 1.807) is 26.2 Å². The zero-order valence-electron chi connectivity index (χ0n) is 19.2. The third-order valence-corrected chi connectivity index (χ3v) is 4.48. The zero-order valence-corrected chi connectivity index (χ0v) is 19.2. The van der Waals surface area contributed by atoms with Crippen LogP contribution in [0.5, 0.6) is 0 Å². The summed E-state index contributed by atoms with van der Waals surface area (Å²) in [5.74, 6) is 0. The van der Waals surface area contributed by atoms with Gasteiger partial charge in [0.1, 0.15) is 29.0 Å². The largest absolute Gasteiger partial charge is 0.392 e. The van der Waals surface area contributed by atoms with Crippen molar-refractivity contribution in [2.75, 3.05) is 19.8 Å². The Labute approximate surface area is 201 Å². The van der Waals surface area contributed by atoms with Crippen LogP contribution in [0.1, 0.15) is 22.3 Å². The standard InChI is InChI=1S/C11H11N5O4.C8H6N4O4/c1-7-9(15(17)18)4-8(5-12)10(11(7)16(19)20)13-6-14(2)3;1-4-6(11(13)14)2-5(3-9)7(10)8(4)12(15)16/h4,6H,1-3H3;2H,10H2,1H3. The van der Waals surface area contributed by atoms with Crippen molar-refractivity contribution in [1.82, 2.24) is 4.90 Å². The number of nitrogens with zero attached hydrogens (tertiary/aromatic N) is 8. The molecule has 0 radical (unpaired) electrons. The van der Waals surface area contributed by atoms with Crippen LogP contribution in [0.25, 0.3) is 0 Å². The highest BCUT2D eigenvalue weighted by Gasteiger charge is 2.30. The number of benzene rings is 2. The highest BCUT2D eigenvalue weighted by Crippen LogP contribution is 2.39. The average Bonchev–Trinajstić information content (AvgIpc) is 2.77. The van der Waals surface area contributed by atoms with Gasteiger partial charge in [0.15, 0.2) is 5.69 Å². The number of nitro benzene ring substituents is 4. The minimum atomic E-state index is -0.835. The smallest absolute Gasteiger partial charge is 0.306 e. The Morgan fingerprint density at radius 1 is 0.833 bits per heavy atom. The van der Waals surface area contributed by atoms with Crippen molar-refractivity contribution >= 4 is 40.5 Å². The first kappa shape index (κ1) is 28.3. The van der Waals surface area contributed by atoms with E-state index in [0.29, 0.717) is 0 Å². The number of nitrogen functional groups attached to an aromatic ring is 1. The molecular weight excluding hydrogens is 482 g/mol. The predicted molar refractivity (Wildman–Crippen MR) is 125 cm³/mol. The van der Waals surface area contributed by atoms with Crippen molar-refractivity contribution in [3.63, 3.8) is 0 Å². The van der Waals surface area contributed by atoms with Crippen LogP contribution < -0.4 is 5.73 Å². The van der Waals surface area contributed by atoms with Gasteiger partial charge < -0.3 is 10.6 Å². The Kier molecular flexibility index (Phi) is 8.99. The van der Waals surface area contributed by atoms with E-state index < -0.39 is 42.4 Å². The second-order valence-electron chi connectivity index (χ2n) is 7.06. The summed E-state index contributed by atoms with van der Waals surface area (Å²) in [6.45, 7) is 2.47. The van der Waals surface area contributed by atoms with E-state index >= 15 is 0 Å². The van der Waals surface area contributed by atoms with E-state index in [0.717, 1.165) is 12.1 Å². The summed E-state index contributed by atoms with van der Waals surface area (Å²) in [6.07, 6.45) is 1.29. The van der Waals surface area contributed by atoms with E-state index in [2.05, 4.69) is 4.99 Å². The summed E-state index contributed by atoms with van der Waals surface area (Å²) in [5, 5.41) is 60.9. The predicted octanol–water partition coefficient (Wildman–Crippen LogP) is 3.17. The molecule has 2 aromatic rings. The Balaban J connectivity index is 0.000000369. The molecule has 0 spiro atoms. The van der Waals surface area contributed by atoms with Crippen molar-refractivity contribution in [2.24, 2.45) is 4.99 Å². The molecule has 0 aliphatic carbocycles. The molecule has 17 heteroatoms. The Morgan fingerprint density at radius 3 is 1.61 bits per heavy atom. The molecule has 2 N–H and O–H groups in total. The van der Waals surface area contributed by atoms with Gasteiger partial charge in [-0.05, 0) is 13.8 Å². The molecule has 0 fully saturated rings. The van der Waals surface area contributed by atoms with Gasteiger partial charge in [-0.25, -0.2) is 4.99 Å². The van der Waals surface area contributed by atoms with E-state index in [-0.39, 0.29) is 33.6 Å². The SMILES string of the molecule is Cc1c([N+](=O)[O-])cc(C#N)c(N)c1[N+](=O)[O-].Cc1c([N+](=O)[O-])cc(C#N)c(N=CN(C)C)c1[N+](=O)[O-]. The Bertz CT molecular complexity index is 1390. The molecule has 0 atom stereocenters. The third kappa shape index (κ3) is 5.99. The summed E-state index contributed by atoms with van der Waals surface area (Å²) in [4.78, 5) is 45.5. The molecule has 0 heterocycles. The van der Waals surface area contributed by atoms with Crippen LogP contribution >= 0.6 is 0 Å². The number of nitro groups is 4. The van der Waals surface area contributed by atoms with Crippen molar-refractivity contribution in [1.29, 1.82) is 10.5 Å². The third-order valence-electron chi connectivity index (χ3n) is 4.48. The van der Waals surface area contributed by atoms with Crippen LogP contribution in [-0.2, 0) is 0 Å². The van der Waals surface area contributed by atoms with Gasteiger partial charge in [-0.3, -0.25) is 40.5 Å². The summed E-state index contributed by atoms with van der Waals surface area (Å²) in [5.41, 5.74) is 1.97. The number of aliphatic imine (C=N–C) groups is 1. The van der Waals surface area contributed by atoms with Gasteiger partial charge in [0.05, 0.1) is 37.2 Å². The highest BCUT2D eigenvalue weighted by molar-refractivity contribution is 5.78. The summed E-state index contributed by atoms with van der Waals surface area (Å²) < 4.78 is 0. The molecule has 36 heavy (non-hydrogen) atoms. The maximum absolute atomic E-state index is 11.1. The second-order valence-corrected chi connectivity index (χ2v) is 7.06. The van der Waals surface area contributed by atoms with Crippen molar-refractivity contribution in [2.45, 2.75) is 13.8 Å². The fourth-order valence-electron chi connectivity index (χ4n) is 2.83. The highest BCUT2D eigenvalue weighted by atomic mass is 16.6. The van der Waals surface area contributed by atoms with Crippen molar-refractivity contribution in [3.8, 4) is 12.1 Å². The van der Waals surface area contributed by atoms with Gasteiger partial charge in [0, 0.05) is 26.2 Å². The van der Waals surface area contributed by atoms with Crippen LogP contribution in [0, 0.1) is 77.0 Å². The van der Waals surface area contributed by atoms with Gasteiger partial charge in [-0.2, -0.15) is 10.5 Å². The fourth-order valence-corrected chi connectivity index (χ4v) is 2.83. The number of nitrogens with two attached hydrogens (primary N) is 1. The topological polar surface area (TPSA) is 262 Å². The van der Waals surface area contributed by atoms with Gasteiger partial charge >= 0.3 is 11.4 Å². The van der Waals surface area contributed by atoms with E-state index in [4.69, 9.17) is 16.3 Å². The molecule has 0 unspecified atom stereocenters. The number of hydrogen-bond acceptors (Lipinski definition) is 12. The molecule has 0 saturated carbocycles. The van der Waals surface area contributed by atoms with Crippen LogP contribution in [0.15, 0.2) is 17.1 Å². The summed E-state index contributed by atoms with van der Waals surface area (Å²) >= 11 is 0. The number of nitriles is 2. The minimum absolute atomic E-state index is 0.134. The maximum atomic E-state index is 11.1. The number of hydrogen-bond donors (Lipinski definition) is 1. The summed E-state index contributed by atoms with van der Waals surface area (Å²) in [7, 11) is 3.30. The molecule has 2 rings (SSSR count). The van der Waals surface area contributed by atoms with Crippen LogP contribution in [0.2, 0.25) is 0 Å². The zero-order chi connectivity index (χ0) is 27.9. The lowest BCUT2D eigenvalue weighted by molar-refractivity contribution is -0.395. The molecule has 0 saturated heterocycles. The molecule has 186 valence electrons. The number of anilines is 1.